The largest absolute Gasteiger partial charge is 0.493 e. The second-order valence-electron chi connectivity index (χ2n) is 4.91. The number of nitrogens with zero attached hydrogens (tertiary/aromatic N) is 2. The number of aromatic nitrogens is 2. The van der Waals surface area contributed by atoms with Crippen LogP contribution in [0.25, 0.3) is 0 Å². The van der Waals surface area contributed by atoms with Crippen molar-refractivity contribution in [3.63, 3.8) is 0 Å². The van der Waals surface area contributed by atoms with Crippen LogP contribution in [0.15, 0.2) is 28.8 Å². The number of hydrogen-bond donors (Lipinski definition) is 1. The molecular formula is C15H21N3O2. The lowest BCUT2D eigenvalue weighted by Crippen LogP contribution is -2.24. The van der Waals surface area contributed by atoms with E-state index in [0.29, 0.717) is 25.0 Å². The maximum Gasteiger partial charge on any atom is 0.230 e. The standard InChI is InChI=1S/C15H21N3O2/c1-11-5-4-6-13(9-11)19-8-7-15-17-14(18-20-15)10-12(2)16-3/h4-6,9,12,16H,7-8,10H2,1-3H3. The summed E-state index contributed by atoms with van der Waals surface area (Å²) in [6, 6.07) is 8.31. The molecule has 0 amide bonds. The zero-order valence-corrected chi connectivity index (χ0v) is 12.2. The van der Waals surface area contributed by atoms with Gasteiger partial charge in [-0.25, -0.2) is 0 Å². The molecule has 20 heavy (non-hydrogen) atoms. The van der Waals surface area contributed by atoms with Crippen molar-refractivity contribution in [1.29, 1.82) is 0 Å². The molecule has 1 aromatic heterocycles. The van der Waals surface area contributed by atoms with Gasteiger partial charge in [-0.1, -0.05) is 17.3 Å². The van der Waals surface area contributed by atoms with E-state index in [4.69, 9.17) is 9.26 Å². The second kappa shape index (κ2) is 7.05. The zero-order valence-electron chi connectivity index (χ0n) is 12.2. The van der Waals surface area contributed by atoms with E-state index in [1.807, 2.05) is 38.2 Å². The molecule has 5 heteroatoms. The third-order valence-corrected chi connectivity index (χ3v) is 3.07. The lowest BCUT2D eigenvalue weighted by molar-refractivity contribution is 0.291. The minimum atomic E-state index is 0.337. The Hall–Kier alpha value is -1.88. The van der Waals surface area contributed by atoms with Gasteiger partial charge in [-0.2, -0.15) is 4.98 Å². The zero-order chi connectivity index (χ0) is 14.4. The van der Waals surface area contributed by atoms with Crippen molar-refractivity contribution in [2.75, 3.05) is 13.7 Å². The normalized spacial score (nSPS) is 12.3. The Bertz CT molecular complexity index is 539. The molecule has 0 bridgehead atoms. The van der Waals surface area contributed by atoms with Crippen LogP contribution in [0.2, 0.25) is 0 Å². The first-order chi connectivity index (χ1) is 9.67. The minimum absolute atomic E-state index is 0.337. The molecule has 1 heterocycles. The molecule has 108 valence electrons. The van der Waals surface area contributed by atoms with Gasteiger partial charge in [-0.3, -0.25) is 0 Å². The van der Waals surface area contributed by atoms with Crippen LogP contribution in [0, 0.1) is 6.92 Å². The Labute approximate surface area is 119 Å². The Morgan fingerprint density at radius 2 is 2.25 bits per heavy atom. The van der Waals surface area contributed by atoms with Gasteiger partial charge in [0, 0.05) is 12.5 Å². The third kappa shape index (κ3) is 4.35. The topological polar surface area (TPSA) is 60.2 Å². The summed E-state index contributed by atoms with van der Waals surface area (Å²) in [6.45, 7) is 4.66. The summed E-state index contributed by atoms with van der Waals surface area (Å²) in [7, 11) is 1.92. The van der Waals surface area contributed by atoms with Crippen molar-refractivity contribution in [2.45, 2.75) is 32.7 Å². The molecule has 1 aromatic carbocycles. The number of hydrogen-bond acceptors (Lipinski definition) is 5. The fourth-order valence-electron chi connectivity index (χ4n) is 1.81. The van der Waals surface area contributed by atoms with Gasteiger partial charge in [0.1, 0.15) is 5.75 Å². The number of aryl methyl sites for hydroxylation is 1. The summed E-state index contributed by atoms with van der Waals surface area (Å²) in [5, 5.41) is 7.11. The smallest absolute Gasteiger partial charge is 0.230 e. The van der Waals surface area contributed by atoms with Crippen molar-refractivity contribution in [2.24, 2.45) is 0 Å². The van der Waals surface area contributed by atoms with Crippen molar-refractivity contribution in [3.8, 4) is 5.75 Å². The molecule has 1 atom stereocenters. The first-order valence-corrected chi connectivity index (χ1v) is 6.85. The number of ether oxygens (including phenoxy) is 1. The van der Waals surface area contributed by atoms with Crippen LogP contribution >= 0.6 is 0 Å². The summed E-state index contributed by atoms with van der Waals surface area (Å²) in [6.07, 6.45) is 1.38. The minimum Gasteiger partial charge on any atom is -0.493 e. The summed E-state index contributed by atoms with van der Waals surface area (Å²) in [5.74, 6) is 2.22. The first kappa shape index (κ1) is 14.5. The van der Waals surface area contributed by atoms with E-state index in [2.05, 4.69) is 22.4 Å². The molecule has 0 aliphatic carbocycles. The summed E-state index contributed by atoms with van der Waals surface area (Å²) in [5.41, 5.74) is 1.18. The maximum atomic E-state index is 5.66. The second-order valence-corrected chi connectivity index (χ2v) is 4.91. The number of likely N-dealkylation sites (N-methyl/N-ethyl adjacent to an activating group) is 1. The van der Waals surface area contributed by atoms with Crippen LogP contribution in [-0.2, 0) is 12.8 Å². The number of benzene rings is 1. The molecule has 0 aliphatic rings. The highest BCUT2D eigenvalue weighted by molar-refractivity contribution is 5.27. The highest BCUT2D eigenvalue weighted by Gasteiger charge is 2.09. The fraction of sp³-hybridized carbons (Fsp3) is 0.467. The maximum absolute atomic E-state index is 5.66. The van der Waals surface area contributed by atoms with Gasteiger partial charge in [-0.05, 0) is 38.6 Å². The van der Waals surface area contributed by atoms with Gasteiger partial charge in [0.15, 0.2) is 5.82 Å². The fourth-order valence-corrected chi connectivity index (χ4v) is 1.81. The first-order valence-electron chi connectivity index (χ1n) is 6.85. The number of rotatable bonds is 7. The Kier molecular flexibility index (Phi) is 5.12. The van der Waals surface area contributed by atoms with Gasteiger partial charge in [0.25, 0.3) is 0 Å². The van der Waals surface area contributed by atoms with Gasteiger partial charge < -0.3 is 14.6 Å². The molecule has 0 saturated heterocycles. The molecule has 2 aromatic rings. The Morgan fingerprint density at radius 1 is 1.40 bits per heavy atom. The van der Waals surface area contributed by atoms with Crippen LogP contribution in [0.3, 0.4) is 0 Å². The summed E-state index contributed by atoms with van der Waals surface area (Å²) < 4.78 is 10.9. The molecule has 2 rings (SSSR count). The molecule has 1 unspecified atom stereocenters. The summed E-state index contributed by atoms with van der Waals surface area (Å²) >= 11 is 0. The van der Waals surface area contributed by atoms with E-state index in [1.54, 1.807) is 0 Å². The molecule has 1 N–H and O–H groups in total. The lowest BCUT2D eigenvalue weighted by atomic mass is 10.2. The highest BCUT2D eigenvalue weighted by atomic mass is 16.5. The predicted molar refractivity (Wildman–Crippen MR) is 76.9 cm³/mol. The van der Waals surface area contributed by atoms with Crippen LogP contribution in [0.1, 0.15) is 24.2 Å². The van der Waals surface area contributed by atoms with Gasteiger partial charge in [0.2, 0.25) is 5.89 Å². The third-order valence-electron chi connectivity index (χ3n) is 3.07. The Balaban J connectivity index is 1.79. The van der Waals surface area contributed by atoms with Crippen molar-refractivity contribution < 1.29 is 9.26 Å². The molecule has 0 saturated carbocycles. The van der Waals surface area contributed by atoms with Crippen molar-refractivity contribution >= 4 is 0 Å². The van der Waals surface area contributed by atoms with Crippen molar-refractivity contribution in [1.82, 2.24) is 15.5 Å². The average molecular weight is 275 g/mol. The molecule has 0 aliphatic heterocycles. The van der Waals surface area contributed by atoms with Crippen LogP contribution in [0.4, 0.5) is 0 Å². The predicted octanol–water partition coefficient (Wildman–Crippen LogP) is 2.15. The van der Waals surface area contributed by atoms with E-state index in [0.717, 1.165) is 18.0 Å². The molecule has 0 fully saturated rings. The molecule has 0 spiro atoms. The summed E-state index contributed by atoms with van der Waals surface area (Å²) in [4.78, 5) is 4.35. The monoisotopic (exact) mass is 275 g/mol. The van der Waals surface area contributed by atoms with E-state index < -0.39 is 0 Å². The van der Waals surface area contributed by atoms with Crippen LogP contribution in [-0.4, -0.2) is 29.8 Å². The van der Waals surface area contributed by atoms with Gasteiger partial charge >= 0.3 is 0 Å². The molecular weight excluding hydrogens is 254 g/mol. The average Bonchev–Trinajstić information content (AvgIpc) is 2.86. The highest BCUT2D eigenvalue weighted by Crippen LogP contribution is 2.12. The SMILES string of the molecule is CNC(C)Cc1noc(CCOc2cccc(C)c2)n1. The van der Waals surface area contributed by atoms with Gasteiger partial charge in [0.05, 0.1) is 13.0 Å². The quantitative estimate of drug-likeness (QED) is 0.839. The van der Waals surface area contributed by atoms with E-state index in [9.17, 15) is 0 Å². The van der Waals surface area contributed by atoms with E-state index >= 15 is 0 Å². The lowest BCUT2D eigenvalue weighted by Gasteiger charge is -2.05. The van der Waals surface area contributed by atoms with E-state index in [1.165, 1.54) is 5.56 Å². The van der Waals surface area contributed by atoms with E-state index in [-0.39, 0.29) is 0 Å². The van der Waals surface area contributed by atoms with Crippen molar-refractivity contribution in [3.05, 3.63) is 41.5 Å². The van der Waals surface area contributed by atoms with Gasteiger partial charge in [-0.15, -0.1) is 0 Å². The van der Waals surface area contributed by atoms with Crippen LogP contribution in [0.5, 0.6) is 5.75 Å². The Morgan fingerprint density at radius 3 is 3.00 bits per heavy atom. The number of nitrogens with one attached hydrogen (secondary N) is 1. The molecule has 0 radical (unpaired) electrons. The molecule has 5 nitrogen and oxygen atoms in total. The van der Waals surface area contributed by atoms with Crippen LogP contribution < -0.4 is 10.1 Å².